The molecule has 2 nitrogen and oxygen atoms in total. The van der Waals surface area contributed by atoms with Crippen molar-refractivity contribution in [1.82, 2.24) is 4.98 Å². The smallest absolute Gasteiger partial charge is 0.0352 e. The van der Waals surface area contributed by atoms with Gasteiger partial charge in [0.25, 0.3) is 0 Å². The van der Waals surface area contributed by atoms with Crippen LogP contribution in [0.5, 0.6) is 0 Å². The van der Waals surface area contributed by atoms with Gasteiger partial charge in [0.2, 0.25) is 0 Å². The average Bonchev–Trinajstić information content (AvgIpc) is 2.32. The second-order valence-corrected chi connectivity index (χ2v) is 4.11. The highest BCUT2D eigenvalue weighted by atomic mass is 14.7. The molecule has 0 aliphatic carbocycles. The molecule has 0 spiro atoms. The van der Waals surface area contributed by atoms with Crippen LogP contribution in [0.25, 0.3) is 0 Å². The Morgan fingerprint density at radius 3 is 1.62 bits per heavy atom. The van der Waals surface area contributed by atoms with Crippen molar-refractivity contribution in [3.8, 4) is 0 Å². The summed E-state index contributed by atoms with van der Waals surface area (Å²) in [5.74, 6) is 0. The summed E-state index contributed by atoms with van der Waals surface area (Å²) in [5, 5.41) is 0. The van der Waals surface area contributed by atoms with Crippen molar-refractivity contribution in [3.05, 3.63) is 66.5 Å². The van der Waals surface area contributed by atoms with E-state index in [1.807, 2.05) is 62.4 Å². The van der Waals surface area contributed by atoms with E-state index in [4.69, 9.17) is 5.73 Å². The van der Waals surface area contributed by atoms with Gasteiger partial charge in [-0.3, -0.25) is 4.98 Å². The minimum atomic E-state index is -0.207. The summed E-state index contributed by atoms with van der Waals surface area (Å²) >= 11 is 0. The highest BCUT2D eigenvalue weighted by Gasteiger charge is 2.11. The molecule has 0 aliphatic rings. The van der Waals surface area contributed by atoms with Crippen LogP contribution in [0.3, 0.4) is 0 Å². The van der Waals surface area contributed by atoms with Crippen LogP contribution in [0.4, 0.5) is 0 Å². The van der Waals surface area contributed by atoms with E-state index in [1.165, 1.54) is 5.56 Å². The monoisotopic (exact) mass is 214 g/mol. The summed E-state index contributed by atoms with van der Waals surface area (Å²) in [6, 6.07) is 15.8. The van der Waals surface area contributed by atoms with Crippen molar-refractivity contribution in [1.29, 1.82) is 0 Å². The lowest BCUT2D eigenvalue weighted by Crippen LogP contribution is -2.28. The zero-order valence-corrected chi connectivity index (χ0v) is 9.80. The summed E-state index contributed by atoms with van der Waals surface area (Å²) < 4.78 is 0. The van der Waals surface area contributed by atoms with Crippen molar-refractivity contribution in [3.63, 3.8) is 0 Å². The van der Waals surface area contributed by atoms with E-state index in [-0.39, 0.29) is 5.54 Å². The molecule has 0 radical (unpaired) electrons. The summed E-state index contributed by atoms with van der Waals surface area (Å²) in [6.07, 6.45) is 3.50. The molecule has 2 N–H and O–H groups in total. The normalized spacial score (nSPS) is 10.2. The number of rotatable bonds is 1. The molecule has 0 saturated carbocycles. The predicted molar refractivity (Wildman–Crippen MR) is 67.9 cm³/mol. The van der Waals surface area contributed by atoms with Gasteiger partial charge in [-0.2, -0.15) is 0 Å². The Labute approximate surface area is 97.1 Å². The number of hydrogen-bond donors (Lipinski definition) is 1. The molecule has 0 atom stereocenters. The molecule has 0 aliphatic heterocycles. The van der Waals surface area contributed by atoms with Gasteiger partial charge in [0.1, 0.15) is 0 Å². The quantitative estimate of drug-likeness (QED) is 0.792. The molecule has 0 saturated heterocycles. The Morgan fingerprint density at radius 2 is 1.38 bits per heavy atom. The van der Waals surface area contributed by atoms with Gasteiger partial charge in [-0.15, -0.1) is 0 Å². The van der Waals surface area contributed by atoms with E-state index < -0.39 is 0 Å². The van der Waals surface area contributed by atoms with Crippen LogP contribution >= 0.6 is 0 Å². The molecule has 2 aromatic rings. The minimum Gasteiger partial charge on any atom is -0.322 e. The predicted octanol–water partition coefficient (Wildman–Crippen LogP) is 2.96. The van der Waals surface area contributed by atoms with E-state index in [0.29, 0.717) is 0 Å². The highest BCUT2D eigenvalue weighted by Crippen LogP contribution is 2.14. The maximum absolute atomic E-state index is 5.86. The fourth-order valence-corrected chi connectivity index (χ4v) is 1.18. The van der Waals surface area contributed by atoms with Crippen LogP contribution in [-0.4, -0.2) is 4.98 Å². The molecular weight excluding hydrogens is 196 g/mol. The maximum Gasteiger partial charge on any atom is 0.0352 e. The molecular formula is C14H18N2. The topological polar surface area (TPSA) is 38.9 Å². The fourth-order valence-electron chi connectivity index (χ4n) is 1.18. The second-order valence-electron chi connectivity index (χ2n) is 4.11. The van der Waals surface area contributed by atoms with E-state index in [2.05, 4.69) is 4.98 Å². The third-order valence-corrected chi connectivity index (χ3v) is 2.08. The summed E-state index contributed by atoms with van der Waals surface area (Å²) in [7, 11) is 0. The first kappa shape index (κ1) is 12.4. The number of nitrogens with two attached hydrogens (primary N) is 1. The van der Waals surface area contributed by atoms with Crippen molar-refractivity contribution in [2.45, 2.75) is 19.4 Å². The number of aromatic nitrogens is 1. The molecule has 0 unspecified atom stereocenters. The lowest BCUT2D eigenvalue weighted by Gasteiger charge is -2.18. The van der Waals surface area contributed by atoms with E-state index in [0.717, 1.165) is 0 Å². The second kappa shape index (κ2) is 6.03. The molecule has 0 fully saturated rings. The largest absolute Gasteiger partial charge is 0.322 e. The van der Waals surface area contributed by atoms with Crippen molar-refractivity contribution in [2.24, 2.45) is 5.73 Å². The van der Waals surface area contributed by atoms with Gasteiger partial charge in [0.05, 0.1) is 0 Å². The first-order valence-electron chi connectivity index (χ1n) is 5.30. The van der Waals surface area contributed by atoms with Crippen LogP contribution < -0.4 is 5.73 Å². The van der Waals surface area contributed by atoms with Gasteiger partial charge in [-0.05, 0) is 31.5 Å². The molecule has 0 bridgehead atoms. The number of pyridine rings is 1. The Morgan fingerprint density at radius 1 is 0.875 bits per heavy atom. The van der Waals surface area contributed by atoms with Gasteiger partial charge in [0.15, 0.2) is 0 Å². The Balaban J connectivity index is 0.000000181. The zero-order valence-electron chi connectivity index (χ0n) is 9.80. The molecule has 2 heteroatoms. The van der Waals surface area contributed by atoms with Gasteiger partial charge in [0, 0.05) is 17.9 Å². The summed E-state index contributed by atoms with van der Waals surface area (Å²) in [6.45, 7) is 4.00. The molecule has 1 aromatic carbocycles. The van der Waals surface area contributed by atoms with Crippen molar-refractivity contribution >= 4 is 0 Å². The van der Waals surface area contributed by atoms with Crippen molar-refractivity contribution in [2.75, 3.05) is 0 Å². The van der Waals surface area contributed by atoms with Crippen LogP contribution in [0.1, 0.15) is 19.4 Å². The van der Waals surface area contributed by atoms with Crippen LogP contribution in [-0.2, 0) is 5.54 Å². The molecule has 1 heterocycles. The molecule has 16 heavy (non-hydrogen) atoms. The first-order valence-corrected chi connectivity index (χ1v) is 5.30. The van der Waals surface area contributed by atoms with Gasteiger partial charge < -0.3 is 5.73 Å². The van der Waals surface area contributed by atoms with Gasteiger partial charge in [-0.1, -0.05) is 36.4 Å². The summed E-state index contributed by atoms with van der Waals surface area (Å²) in [4.78, 5) is 3.78. The van der Waals surface area contributed by atoms with Gasteiger partial charge in [-0.25, -0.2) is 0 Å². The zero-order chi connectivity index (χ0) is 11.9. The van der Waals surface area contributed by atoms with Crippen LogP contribution in [0, 0.1) is 0 Å². The lowest BCUT2D eigenvalue weighted by molar-refractivity contribution is 0.554. The number of benzene rings is 1. The summed E-state index contributed by atoms with van der Waals surface area (Å²) in [5.41, 5.74) is 6.83. The molecule has 84 valence electrons. The van der Waals surface area contributed by atoms with E-state index in [1.54, 1.807) is 12.4 Å². The Hall–Kier alpha value is -1.67. The molecule has 0 amide bonds. The average molecular weight is 214 g/mol. The van der Waals surface area contributed by atoms with Crippen LogP contribution in [0.2, 0.25) is 0 Å². The maximum atomic E-state index is 5.86. The Bertz CT molecular complexity index is 350. The highest BCUT2D eigenvalue weighted by molar-refractivity contribution is 5.21. The van der Waals surface area contributed by atoms with Crippen LogP contribution in [0.15, 0.2) is 60.9 Å². The number of hydrogen-bond acceptors (Lipinski definition) is 2. The molecule has 2 rings (SSSR count). The third kappa shape index (κ3) is 4.71. The minimum absolute atomic E-state index is 0.207. The van der Waals surface area contributed by atoms with E-state index in [9.17, 15) is 0 Å². The first-order chi connectivity index (χ1) is 7.61. The van der Waals surface area contributed by atoms with Gasteiger partial charge >= 0.3 is 0 Å². The Kier molecular flexibility index (Phi) is 4.67. The fraction of sp³-hybridized carbons (Fsp3) is 0.214. The lowest BCUT2D eigenvalue weighted by atomic mass is 9.96. The van der Waals surface area contributed by atoms with E-state index >= 15 is 0 Å². The number of nitrogens with zero attached hydrogens (tertiary/aromatic N) is 1. The third-order valence-electron chi connectivity index (χ3n) is 2.08. The standard InChI is InChI=1S/C9H13N.C5H5N/c1-9(2,10)8-6-4-3-5-7-8;1-2-4-6-5-3-1/h3-7H,10H2,1-2H3;1-5H. The van der Waals surface area contributed by atoms with Crippen molar-refractivity contribution < 1.29 is 0 Å². The molecule has 1 aromatic heterocycles. The SMILES string of the molecule is CC(C)(N)c1ccccc1.c1ccncc1.